The van der Waals surface area contributed by atoms with Crippen molar-refractivity contribution in [2.24, 2.45) is 17.1 Å². The van der Waals surface area contributed by atoms with Crippen molar-refractivity contribution in [2.75, 3.05) is 20.1 Å². The van der Waals surface area contributed by atoms with Crippen LogP contribution >= 0.6 is 11.6 Å². The van der Waals surface area contributed by atoms with Gasteiger partial charge in [-0.15, -0.1) is 0 Å². The fourth-order valence-corrected chi connectivity index (χ4v) is 4.11. The van der Waals surface area contributed by atoms with Gasteiger partial charge in [0, 0.05) is 29.9 Å². The molecule has 1 aliphatic carbocycles. The van der Waals surface area contributed by atoms with Gasteiger partial charge in [-0.3, -0.25) is 0 Å². The highest BCUT2D eigenvalue weighted by Gasteiger charge is 2.52. The summed E-state index contributed by atoms with van der Waals surface area (Å²) in [4.78, 5) is 2.09. The first-order valence-electron chi connectivity index (χ1n) is 7.86. The Morgan fingerprint density at radius 2 is 1.92 bits per heavy atom. The smallest absolute Gasteiger partial charge is 0.204 e. The summed E-state index contributed by atoms with van der Waals surface area (Å²) >= 11 is 6.40. The zero-order valence-corrected chi connectivity index (χ0v) is 14.5. The van der Waals surface area contributed by atoms with Crippen molar-refractivity contribution in [3.05, 3.63) is 57.8 Å². The van der Waals surface area contributed by atoms with Crippen LogP contribution in [0.5, 0.6) is 0 Å². The van der Waals surface area contributed by atoms with E-state index < -0.39 is 5.41 Å². The molecule has 1 aromatic rings. The molecule has 0 spiro atoms. The van der Waals surface area contributed by atoms with E-state index in [1.54, 1.807) is 6.07 Å². The second-order valence-corrected chi connectivity index (χ2v) is 6.81. The maximum atomic E-state index is 9.78. The molecule has 0 amide bonds. The van der Waals surface area contributed by atoms with Crippen LogP contribution < -0.4 is 5.73 Å². The molecule has 3 rings (SSSR count). The Hall–Kier alpha value is -2.78. The number of hydrogen-bond acceptors (Lipinski definition) is 5. The summed E-state index contributed by atoms with van der Waals surface area (Å²) in [6, 6.07) is 13.6. The third-order valence-electron chi connectivity index (χ3n) is 5.07. The topological polar surface area (TPSA) is 101 Å². The number of nitrogens with zero attached hydrogens (tertiary/aromatic N) is 4. The number of allylic oxidation sites excluding steroid dienone is 2. The monoisotopic (exact) mass is 349 g/mol. The zero-order valence-electron chi connectivity index (χ0n) is 13.7. The summed E-state index contributed by atoms with van der Waals surface area (Å²) in [5.74, 6) is -0.581. The molecule has 0 saturated carbocycles. The van der Waals surface area contributed by atoms with E-state index in [1.165, 1.54) is 0 Å². The largest absolute Gasteiger partial charge is 0.399 e. The first-order valence-corrected chi connectivity index (χ1v) is 8.24. The number of halogens is 1. The summed E-state index contributed by atoms with van der Waals surface area (Å²) < 4.78 is 0. The van der Waals surface area contributed by atoms with E-state index in [0.717, 1.165) is 5.56 Å². The number of nitriles is 3. The average molecular weight is 350 g/mol. The van der Waals surface area contributed by atoms with Crippen molar-refractivity contribution < 1.29 is 0 Å². The average Bonchev–Trinajstić information content (AvgIpc) is 2.62. The Bertz CT molecular complexity index is 895. The highest BCUT2D eigenvalue weighted by atomic mass is 35.5. The second-order valence-electron chi connectivity index (χ2n) is 6.40. The highest BCUT2D eigenvalue weighted by Crippen LogP contribution is 2.53. The predicted octanol–water partition coefficient (Wildman–Crippen LogP) is 2.70. The van der Waals surface area contributed by atoms with Crippen LogP contribution in [0.1, 0.15) is 11.5 Å². The number of nitrogens with two attached hydrogens (primary N) is 1. The van der Waals surface area contributed by atoms with Gasteiger partial charge in [-0.05, 0) is 24.3 Å². The Morgan fingerprint density at radius 1 is 1.24 bits per heavy atom. The van der Waals surface area contributed by atoms with Gasteiger partial charge in [-0.1, -0.05) is 35.9 Å². The first-order chi connectivity index (χ1) is 12.0. The van der Waals surface area contributed by atoms with Gasteiger partial charge >= 0.3 is 0 Å². The summed E-state index contributed by atoms with van der Waals surface area (Å²) in [7, 11) is 1.96. The minimum Gasteiger partial charge on any atom is -0.399 e. The Morgan fingerprint density at radius 3 is 2.52 bits per heavy atom. The van der Waals surface area contributed by atoms with Crippen molar-refractivity contribution in [2.45, 2.75) is 5.92 Å². The van der Waals surface area contributed by atoms with Gasteiger partial charge in [0.25, 0.3) is 0 Å². The number of likely N-dealkylation sites (N-methyl/N-ethyl adjacent to an activating group) is 1. The minimum absolute atomic E-state index is 0.0250. The molecule has 0 unspecified atom stereocenters. The Labute approximate surface area is 151 Å². The molecular formula is C19H16ClN5. The van der Waals surface area contributed by atoms with Crippen LogP contribution in [-0.2, 0) is 0 Å². The van der Waals surface area contributed by atoms with Crippen LogP contribution in [-0.4, -0.2) is 25.0 Å². The molecule has 5 nitrogen and oxygen atoms in total. The maximum Gasteiger partial charge on any atom is 0.204 e. The SMILES string of the molecule is CN1CC=C2[C@H](C1)[C@@H](c1ccccc1Cl)C(C#N)=C(N)C2(C#N)C#N. The molecule has 1 heterocycles. The fourth-order valence-electron chi connectivity index (χ4n) is 3.86. The van der Waals surface area contributed by atoms with Crippen LogP contribution in [0.25, 0.3) is 0 Å². The standard InChI is InChI=1S/C19H16ClN5/c1-25-7-6-15-14(9-25)17(12-4-2-3-5-16(12)20)13(8-21)18(24)19(15,10-22)11-23/h2-6,14,17H,7,9,24H2,1H3/t14-,17-/m0/s1. The molecule has 0 aromatic heterocycles. The van der Waals surface area contributed by atoms with Crippen molar-refractivity contribution in [1.82, 2.24) is 4.90 Å². The molecule has 124 valence electrons. The van der Waals surface area contributed by atoms with Crippen molar-refractivity contribution in [1.29, 1.82) is 15.8 Å². The summed E-state index contributed by atoms with van der Waals surface area (Å²) in [6.07, 6.45) is 1.89. The Balaban J connectivity index is 2.35. The van der Waals surface area contributed by atoms with Crippen molar-refractivity contribution in [3.63, 3.8) is 0 Å². The third-order valence-corrected chi connectivity index (χ3v) is 5.41. The third kappa shape index (κ3) is 2.39. The number of fused-ring (bicyclic) bond motifs is 1. The molecule has 6 heteroatoms. The predicted molar refractivity (Wildman–Crippen MR) is 93.7 cm³/mol. The Kier molecular flexibility index (Phi) is 4.27. The molecule has 0 bridgehead atoms. The highest BCUT2D eigenvalue weighted by molar-refractivity contribution is 6.31. The summed E-state index contributed by atoms with van der Waals surface area (Å²) in [5, 5.41) is 29.9. The fraction of sp³-hybridized carbons (Fsp3) is 0.316. The van der Waals surface area contributed by atoms with Gasteiger partial charge in [-0.25, -0.2) is 0 Å². The van der Waals surface area contributed by atoms with E-state index in [9.17, 15) is 15.8 Å². The summed E-state index contributed by atoms with van der Waals surface area (Å²) in [5.41, 5.74) is 6.39. The number of benzene rings is 1. The van der Waals surface area contributed by atoms with E-state index >= 15 is 0 Å². The molecule has 2 N–H and O–H groups in total. The van der Waals surface area contributed by atoms with E-state index in [0.29, 0.717) is 23.7 Å². The van der Waals surface area contributed by atoms with Gasteiger partial charge in [0.05, 0.1) is 29.5 Å². The number of rotatable bonds is 1. The lowest BCUT2D eigenvalue weighted by molar-refractivity contribution is 0.264. The molecule has 25 heavy (non-hydrogen) atoms. The van der Waals surface area contributed by atoms with Crippen LogP contribution in [0.2, 0.25) is 5.02 Å². The molecule has 0 radical (unpaired) electrons. The lowest BCUT2D eigenvalue weighted by Crippen LogP contribution is -2.46. The lowest BCUT2D eigenvalue weighted by atomic mass is 9.60. The first kappa shape index (κ1) is 17.1. The van der Waals surface area contributed by atoms with Gasteiger partial charge in [0.15, 0.2) is 0 Å². The second kappa shape index (κ2) is 6.26. The normalized spacial score (nSPS) is 25.2. The number of hydrogen-bond donors (Lipinski definition) is 1. The van der Waals surface area contributed by atoms with Gasteiger partial charge in [0.2, 0.25) is 5.41 Å². The van der Waals surface area contributed by atoms with E-state index in [1.807, 2.05) is 31.3 Å². The molecular weight excluding hydrogens is 334 g/mol. The van der Waals surface area contributed by atoms with Gasteiger partial charge in [0.1, 0.15) is 0 Å². The van der Waals surface area contributed by atoms with E-state index in [-0.39, 0.29) is 23.1 Å². The van der Waals surface area contributed by atoms with Crippen molar-refractivity contribution >= 4 is 11.6 Å². The molecule has 2 atom stereocenters. The molecule has 0 saturated heterocycles. The van der Waals surface area contributed by atoms with Crippen LogP contribution in [0.4, 0.5) is 0 Å². The molecule has 1 aliphatic heterocycles. The van der Waals surface area contributed by atoms with E-state index in [4.69, 9.17) is 17.3 Å². The molecule has 2 aliphatic rings. The molecule has 1 aromatic carbocycles. The van der Waals surface area contributed by atoms with Crippen LogP contribution in [0.15, 0.2) is 47.2 Å². The van der Waals surface area contributed by atoms with E-state index in [2.05, 4.69) is 23.1 Å². The zero-order chi connectivity index (χ0) is 18.2. The maximum absolute atomic E-state index is 9.78. The van der Waals surface area contributed by atoms with Crippen molar-refractivity contribution in [3.8, 4) is 18.2 Å². The minimum atomic E-state index is -1.59. The van der Waals surface area contributed by atoms with Gasteiger partial charge in [-0.2, -0.15) is 15.8 Å². The lowest BCUT2D eigenvalue weighted by Gasteiger charge is -2.44. The molecule has 0 fully saturated rings. The summed E-state index contributed by atoms with van der Waals surface area (Å²) in [6.45, 7) is 1.24. The van der Waals surface area contributed by atoms with Gasteiger partial charge < -0.3 is 10.6 Å². The quantitative estimate of drug-likeness (QED) is 0.785. The van der Waals surface area contributed by atoms with Crippen LogP contribution in [0, 0.1) is 45.3 Å². The van der Waals surface area contributed by atoms with Crippen LogP contribution in [0.3, 0.4) is 0 Å².